The zero-order chi connectivity index (χ0) is 22.6. The molecule has 0 aromatic heterocycles. The number of benzene rings is 2. The van der Waals surface area contributed by atoms with Gasteiger partial charge in [0.25, 0.3) is 0 Å². The zero-order valence-electron chi connectivity index (χ0n) is 17.4. The van der Waals surface area contributed by atoms with E-state index in [0.717, 1.165) is 17.7 Å². The molecule has 1 aliphatic rings. The molecule has 0 unspecified atom stereocenters. The van der Waals surface area contributed by atoms with Crippen LogP contribution in [-0.2, 0) is 21.2 Å². The summed E-state index contributed by atoms with van der Waals surface area (Å²) in [4.78, 5) is 14.5. The van der Waals surface area contributed by atoms with Crippen LogP contribution in [0.1, 0.15) is 25.0 Å². The molecule has 1 fully saturated rings. The van der Waals surface area contributed by atoms with Crippen LogP contribution in [0.15, 0.2) is 42.5 Å². The van der Waals surface area contributed by atoms with Gasteiger partial charge in [0.1, 0.15) is 0 Å². The van der Waals surface area contributed by atoms with E-state index < -0.39 is 23.2 Å². The molecule has 3 rings (SSSR count). The van der Waals surface area contributed by atoms with Crippen LogP contribution in [0.5, 0.6) is 0 Å². The third kappa shape index (κ3) is 6.12. The summed E-state index contributed by atoms with van der Waals surface area (Å²) in [7, 11) is 0. The largest absolute Gasteiger partial charge is 0.416 e. The molecule has 9 heteroatoms. The number of ether oxygens (including phenoxy) is 1. The van der Waals surface area contributed by atoms with E-state index in [1.807, 2.05) is 30.9 Å². The highest BCUT2D eigenvalue weighted by Crippen LogP contribution is 2.35. The predicted molar refractivity (Wildman–Crippen MR) is 116 cm³/mol. The second-order valence-corrected chi connectivity index (χ2v) is 8.30. The number of halogens is 4. The lowest BCUT2D eigenvalue weighted by Gasteiger charge is -2.31. The molecular formula is C22H25ClF3N3O2. The number of alkyl halides is 3. The van der Waals surface area contributed by atoms with Gasteiger partial charge in [-0.05, 0) is 49.7 Å². The number of rotatable bonds is 6. The van der Waals surface area contributed by atoms with Crippen molar-refractivity contribution in [1.82, 2.24) is 5.32 Å². The van der Waals surface area contributed by atoms with Gasteiger partial charge in [0, 0.05) is 23.7 Å². The maximum absolute atomic E-state index is 13.2. The van der Waals surface area contributed by atoms with Gasteiger partial charge in [-0.2, -0.15) is 13.2 Å². The number of amides is 1. The topological polar surface area (TPSA) is 53.6 Å². The van der Waals surface area contributed by atoms with E-state index in [0.29, 0.717) is 37.0 Å². The quantitative estimate of drug-likeness (QED) is 0.665. The molecule has 0 aliphatic carbocycles. The van der Waals surface area contributed by atoms with Crippen LogP contribution in [-0.4, -0.2) is 38.8 Å². The number of carbonyl (C=O) groups is 1. The standard InChI is InChI=1S/C22H25ClF3N3O2/c1-21(2,15-3-6-17(23)7-4-15)27-14-20(30)28-18-13-16(22(24,25)26)5-8-19(18)29-9-11-31-12-10-29/h3-8,13,27H,9-12,14H2,1-2H3,(H,28,30). The molecule has 31 heavy (non-hydrogen) atoms. The first-order valence-corrected chi connectivity index (χ1v) is 10.3. The highest BCUT2D eigenvalue weighted by molar-refractivity contribution is 6.30. The number of hydrogen-bond donors (Lipinski definition) is 2. The molecular weight excluding hydrogens is 431 g/mol. The van der Waals surface area contributed by atoms with E-state index in [-0.39, 0.29) is 12.2 Å². The van der Waals surface area contributed by atoms with Crippen molar-refractivity contribution in [3.8, 4) is 0 Å². The maximum Gasteiger partial charge on any atom is 0.416 e. The van der Waals surface area contributed by atoms with Crippen molar-refractivity contribution >= 4 is 28.9 Å². The van der Waals surface area contributed by atoms with Crippen LogP contribution in [0, 0.1) is 0 Å². The molecule has 1 aliphatic heterocycles. The molecule has 2 aromatic rings. The van der Waals surface area contributed by atoms with Gasteiger partial charge >= 0.3 is 6.18 Å². The molecule has 168 valence electrons. The summed E-state index contributed by atoms with van der Waals surface area (Å²) in [6.45, 7) is 5.77. The van der Waals surface area contributed by atoms with Gasteiger partial charge in [-0.3, -0.25) is 10.1 Å². The van der Waals surface area contributed by atoms with Crippen LogP contribution in [0.25, 0.3) is 0 Å². The summed E-state index contributed by atoms with van der Waals surface area (Å²) in [6, 6.07) is 10.6. The second kappa shape index (κ2) is 9.46. The Bertz CT molecular complexity index is 911. The molecule has 0 atom stereocenters. The number of carbonyl (C=O) groups excluding carboxylic acids is 1. The lowest BCUT2D eigenvalue weighted by Crippen LogP contribution is -2.41. The predicted octanol–water partition coefficient (Wildman–Crippen LogP) is 4.66. The molecule has 1 saturated heterocycles. The first-order chi connectivity index (χ1) is 14.6. The van der Waals surface area contributed by atoms with Gasteiger partial charge in [-0.15, -0.1) is 0 Å². The maximum atomic E-state index is 13.2. The third-order valence-corrected chi connectivity index (χ3v) is 5.46. The molecule has 0 spiro atoms. The third-order valence-electron chi connectivity index (χ3n) is 5.21. The molecule has 0 bridgehead atoms. The first kappa shape index (κ1) is 23.4. The molecule has 1 heterocycles. The molecule has 0 radical (unpaired) electrons. The van der Waals surface area contributed by atoms with E-state index in [1.165, 1.54) is 6.07 Å². The highest BCUT2D eigenvalue weighted by Gasteiger charge is 2.32. The number of morpholine rings is 1. The molecule has 2 N–H and O–H groups in total. The van der Waals surface area contributed by atoms with Gasteiger partial charge in [-0.25, -0.2) is 0 Å². The fourth-order valence-corrected chi connectivity index (χ4v) is 3.48. The van der Waals surface area contributed by atoms with Gasteiger partial charge in [0.15, 0.2) is 0 Å². The van der Waals surface area contributed by atoms with Crippen molar-refractivity contribution in [3.63, 3.8) is 0 Å². The summed E-state index contributed by atoms with van der Waals surface area (Å²) in [6.07, 6.45) is -4.50. The Hall–Kier alpha value is -2.29. The summed E-state index contributed by atoms with van der Waals surface area (Å²) in [5, 5.41) is 6.40. The Morgan fingerprint density at radius 2 is 1.68 bits per heavy atom. The Morgan fingerprint density at radius 1 is 1.06 bits per heavy atom. The minimum absolute atomic E-state index is 0.0750. The fraction of sp³-hybridized carbons (Fsp3) is 0.409. The van der Waals surface area contributed by atoms with Gasteiger partial charge < -0.3 is 15.0 Å². The molecule has 2 aromatic carbocycles. The Balaban J connectivity index is 1.74. The minimum Gasteiger partial charge on any atom is -0.378 e. The lowest BCUT2D eigenvalue weighted by atomic mass is 9.94. The normalized spacial score (nSPS) is 15.1. The number of hydrogen-bond acceptors (Lipinski definition) is 4. The monoisotopic (exact) mass is 455 g/mol. The van der Waals surface area contributed by atoms with Crippen molar-refractivity contribution in [1.29, 1.82) is 0 Å². The highest BCUT2D eigenvalue weighted by atomic mass is 35.5. The Kier molecular flexibility index (Phi) is 7.13. The van der Waals surface area contributed by atoms with Crippen LogP contribution in [0.2, 0.25) is 5.02 Å². The number of anilines is 2. The Morgan fingerprint density at radius 3 is 2.29 bits per heavy atom. The molecule has 1 amide bonds. The van der Waals surface area contributed by atoms with Crippen LogP contribution in [0.3, 0.4) is 0 Å². The summed E-state index contributed by atoms with van der Waals surface area (Å²) < 4.78 is 45.0. The summed E-state index contributed by atoms with van der Waals surface area (Å²) in [5.41, 5.74) is 0.254. The SMILES string of the molecule is CC(C)(NCC(=O)Nc1cc(C(F)(F)F)ccc1N1CCOCC1)c1ccc(Cl)cc1. The van der Waals surface area contributed by atoms with Crippen molar-refractivity contribution in [2.75, 3.05) is 43.1 Å². The van der Waals surface area contributed by atoms with E-state index >= 15 is 0 Å². The number of nitrogens with one attached hydrogen (secondary N) is 2. The minimum atomic E-state index is -4.50. The summed E-state index contributed by atoms with van der Waals surface area (Å²) in [5.74, 6) is -0.434. The van der Waals surface area contributed by atoms with Gasteiger partial charge in [-0.1, -0.05) is 23.7 Å². The smallest absolute Gasteiger partial charge is 0.378 e. The molecule has 5 nitrogen and oxygen atoms in total. The van der Waals surface area contributed by atoms with Crippen molar-refractivity contribution in [2.24, 2.45) is 0 Å². The van der Waals surface area contributed by atoms with Gasteiger partial charge in [0.2, 0.25) is 5.91 Å². The van der Waals surface area contributed by atoms with Crippen LogP contribution < -0.4 is 15.5 Å². The summed E-state index contributed by atoms with van der Waals surface area (Å²) >= 11 is 5.93. The number of nitrogens with zero attached hydrogens (tertiary/aromatic N) is 1. The van der Waals surface area contributed by atoms with E-state index in [4.69, 9.17) is 16.3 Å². The van der Waals surface area contributed by atoms with E-state index in [2.05, 4.69) is 10.6 Å². The van der Waals surface area contributed by atoms with Crippen molar-refractivity contribution < 1.29 is 22.7 Å². The van der Waals surface area contributed by atoms with Crippen LogP contribution >= 0.6 is 11.6 Å². The van der Waals surface area contributed by atoms with E-state index in [1.54, 1.807) is 12.1 Å². The average molecular weight is 456 g/mol. The van der Waals surface area contributed by atoms with E-state index in [9.17, 15) is 18.0 Å². The van der Waals surface area contributed by atoms with Crippen molar-refractivity contribution in [2.45, 2.75) is 25.6 Å². The lowest BCUT2D eigenvalue weighted by molar-refractivity contribution is -0.137. The zero-order valence-corrected chi connectivity index (χ0v) is 18.1. The van der Waals surface area contributed by atoms with Gasteiger partial charge in [0.05, 0.1) is 36.7 Å². The van der Waals surface area contributed by atoms with Crippen LogP contribution in [0.4, 0.5) is 24.5 Å². The van der Waals surface area contributed by atoms with Crippen molar-refractivity contribution in [3.05, 3.63) is 58.6 Å². The Labute approximate surface area is 184 Å². The second-order valence-electron chi connectivity index (χ2n) is 7.86. The molecule has 0 saturated carbocycles. The first-order valence-electron chi connectivity index (χ1n) is 9.91. The fourth-order valence-electron chi connectivity index (χ4n) is 3.36. The average Bonchev–Trinajstić information content (AvgIpc) is 2.73.